The van der Waals surface area contributed by atoms with Gasteiger partial charge < -0.3 is 15.4 Å². The Bertz CT molecular complexity index is 564. The molecule has 0 spiro atoms. The van der Waals surface area contributed by atoms with Crippen molar-refractivity contribution in [1.29, 1.82) is 10.5 Å². The SMILES string of the molecule is COCCNC(=O)/C(C#N)=C\Nc1ccc(C#N)cc1. The Hall–Kier alpha value is -2.83. The van der Waals surface area contributed by atoms with E-state index < -0.39 is 5.91 Å². The minimum absolute atomic E-state index is 0.0366. The molecular formula is C14H14N4O2. The molecule has 0 atom stereocenters. The Kier molecular flexibility index (Phi) is 6.32. The summed E-state index contributed by atoms with van der Waals surface area (Å²) in [5, 5.41) is 23.0. The van der Waals surface area contributed by atoms with Crippen LogP contribution >= 0.6 is 0 Å². The summed E-state index contributed by atoms with van der Waals surface area (Å²) < 4.78 is 4.80. The van der Waals surface area contributed by atoms with Gasteiger partial charge in [0.1, 0.15) is 11.6 Å². The number of amides is 1. The lowest BCUT2D eigenvalue weighted by Gasteiger charge is -2.04. The van der Waals surface area contributed by atoms with Crippen LogP contribution in [-0.4, -0.2) is 26.2 Å². The number of ether oxygens (including phenoxy) is 1. The van der Waals surface area contributed by atoms with Gasteiger partial charge in [0.2, 0.25) is 0 Å². The number of hydrogen-bond acceptors (Lipinski definition) is 5. The molecule has 0 bridgehead atoms. The predicted octanol–water partition coefficient (Wildman–Crippen LogP) is 1.14. The van der Waals surface area contributed by atoms with E-state index >= 15 is 0 Å². The highest BCUT2D eigenvalue weighted by Gasteiger charge is 2.07. The van der Waals surface area contributed by atoms with Gasteiger partial charge in [0.05, 0.1) is 18.2 Å². The second-order valence-electron chi connectivity index (χ2n) is 3.75. The lowest BCUT2D eigenvalue weighted by atomic mass is 10.2. The molecule has 2 N–H and O–H groups in total. The molecule has 0 aromatic heterocycles. The van der Waals surface area contributed by atoms with Gasteiger partial charge in [0.25, 0.3) is 5.91 Å². The minimum Gasteiger partial charge on any atom is -0.383 e. The Morgan fingerprint density at radius 2 is 2.05 bits per heavy atom. The topological polar surface area (TPSA) is 97.9 Å². The molecule has 0 unspecified atom stereocenters. The maximum atomic E-state index is 11.6. The Morgan fingerprint density at radius 3 is 2.60 bits per heavy atom. The molecule has 0 aliphatic rings. The van der Waals surface area contributed by atoms with Crippen LogP contribution in [0.1, 0.15) is 5.56 Å². The quantitative estimate of drug-likeness (QED) is 0.459. The smallest absolute Gasteiger partial charge is 0.263 e. The fourth-order valence-electron chi connectivity index (χ4n) is 1.31. The van der Waals surface area contributed by atoms with Gasteiger partial charge in [-0.05, 0) is 24.3 Å². The summed E-state index contributed by atoms with van der Waals surface area (Å²) in [5.74, 6) is -0.467. The van der Waals surface area contributed by atoms with Crippen molar-refractivity contribution in [2.45, 2.75) is 0 Å². The summed E-state index contributed by atoms with van der Waals surface area (Å²) in [5.41, 5.74) is 1.18. The second kappa shape index (κ2) is 8.30. The molecule has 20 heavy (non-hydrogen) atoms. The summed E-state index contributed by atoms with van der Waals surface area (Å²) in [4.78, 5) is 11.6. The molecule has 6 nitrogen and oxygen atoms in total. The fraction of sp³-hybridized carbons (Fsp3) is 0.214. The van der Waals surface area contributed by atoms with Crippen molar-refractivity contribution in [3.05, 3.63) is 41.6 Å². The monoisotopic (exact) mass is 270 g/mol. The number of anilines is 1. The first kappa shape index (κ1) is 15.2. The van der Waals surface area contributed by atoms with Gasteiger partial charge in [0.15, 0.2) is 0 Å². The molecule has 1 aromatic carbocycles. The van der Waals surface area contributed by atoms with E-state index in [1.807, 2.05) is 12.1 Å². The van der Waals surface area contributed by atoms with Crippen molar-refractivity contribution in [3.63, 3.8) is 0 Å². The number of nitrogens with one attached hydrogen (secondary N) is 2. The maximum Gasteiger partial charge on any atom is 0.263 e. The van der Waals surface area contributed by atoms with Crippen molar-refractivity contribution in [1.82, 2.24) is 5.32 Å². The van der Waals surface area contributed by atoms with Crippen LogP contribution in [-0.2, 0) is 9.53 Å². The second-order valence-corrected chi connectivity index (χ2v) is 3.75. The Balaban J connectivity index is 2.63. The van der Waals surface area contributed by atoms with Crippen molar-refractivity contribution < 1.29 is 9.53 Å². The lowest BCUT2D eigenvalue weighted by Crippen LogP contribution is -2.28. The molecule has 1 amide bonds. The summed E-state index contributed by atoms with van der Waals surface area (Å²) >= 11 is 0. The van der Waals surface area contributed by atoms with E-state index in [0.717, 1.165) is 0 Å². The largest absolute Gasteiger partial charge is 0.383 e. The van der Waals surface area contributed by atoms with Crippen LogP contribution in [0.5, 0.6) is 0 Å². The molecule has 0 saturated heterocycles. The first-order valence-corrected chi connectivity index (χ1v) is 5.85. The predicted molar refractivity (Wildman–Crippen MR) is 73.4 cm³/mol. The molecule has 0 aliphatic heterocycles. The number of methoxy groups -OCH3 is 1. The Labute approximate surface area is 117 Å². The number of carbonyl (C=O) groups excluding carboxylic acids is 1. The molecule has 1 rings (SSSR count). The highest BCUT2D eigenvalue weighted by Crippen LogP contribution is 2.09. The van der Waals surface area contributed by atoms with E-state index in [0.29, 0.717) is 24.4 Å². The van der Waals surface area contributed by atoms with E-state index in [-0.39, 0.29) is 5.57 Å². The zero-order chi connectivity index (χ0) is 14.8. The first-order chi connectivity index (χ1) is 9.71. The van der Waals surface area contributed by atoms with Crippen LogP contribution < -0.4 is 10.6 Å². The summed E-state index contributed by atoms with van der Waals surface area (Å²) in [6.07, 6.45) is 1.32. The third-order valence-corrected chi connectivity index (χ3v) is 2.35. The van der Waals surface area contributed by atoms with E-state index in [1.54, 1.807) is 24.3 Å². The van der Waals surface area contributed by atoms with Crippen molar-refractivity contribution in [2.75, 3.05) is 25.6 Å². The average molecular weight is 270 g/mol. The third-order valence-electron chi connectivity index (χ3n) is 2.35. The molecular weight excluding hydrogens is 256 g/mol. The molecule has 0 saturated carbocycles. The van der Waals surface area contributed by atoms with Gasteiger partial charge in [-0.3, -0.25) is 4.79 Å². The highest BCUT2D eigenvalue weighted by molar-refractivity contribution is 5.97. The molecule has 102 valence electrons. The third kappa shape index (κ3) is 4.81. The van der Waals surface area contributed by atoms with Gasteiger partial charge in [-0.2, -0.15) is 10.5 Å². The van der Waals surface area contributed by atoms with Gasteiger partial charge in [0, 0.05) is 25.5 Å². The van der Waals surface area contributed by atoms with Crippen molar-refractivity contribution >= 4 is 11.6 Å². The van der Waals surface area contributed by atoms with Crippen LogP contribution in [0.2, 0.25) is 0 Å². The van der Waals surface area contributed by atoms with Gasteiger partial charge >= 0.3 is 0 Å². The van der Waals surface area contributed by atoms with Gasteiger partial charge in [-0.1, -0.05) is 0 Å². The lowest BCUT2D eigenvalue weighted by molar-refractivity contribution is -0.117. The zero-order valence-electron chi connectivity index (χ0n) is 11.0. The van der Waals surface area contributed by atoms with E-state index in [1.165, 1.54) is 13.3 Å². The molecule has 1 aromatic rings. The fourth-order valence-corrected chi connectivity index (χ4v) is 1.31. The standard InChI is InChI=1S/C14H14N4O2/c1-20-7-6-17-14(19)12(9-16)10-18-13-4-2-11(8-15)3-5-13/h2-5,10,18H,6-7H2,1H3,(H,17,19)/b12-10-. The number of hydrogen-bond donors (Lipinski definition) is 2. The van der Waals surface area contributed by atoms with Crippen LogP contribution in [0, 0.1) is 22.7 Å². The van der Waals surface area contributed by atoms with Crippen molar-refractivity contribution in [3.8, 4) is 12.1 Å². The van der Waals surface area contributed by atoms with E-state index in [9.17, 15) is 4.79 Å². The van der Waals surface area contributed by atoms with Crippen LogP contribution in [0.3, 0.4) is 0 Å². The molecule has 0 fully saturated rings. The molecule has 6 heteroatoms. The highest BCUT2D eigenvalue weighted by atomic mass is 16.5. The van der Waals surface area contributed by atoms with Gasteiger partial charge in [-0.15, -0.1) is 0 Å². The van der Waals surface area contributed by atoms with Crippen molar-refractivity contribution in [2.24, 2.45) is 0 Å². The van der Waals surface area contributed by atoms with Crippen LogP contribution in [0.4, 0.5) is 5.69 Å². The zero-order valence-corrected chi connectivity index (χ0v) is 11.0. The minimum atomic E-state index is -0.467. The number of rotatable bonds is 6. The van der Waals surface area contributed by atoms with Gasteiger partial charge in [-0.25, -0.2) is 0 Å². The molecule has 0 aliphatic carbocycles. The number of nitrogens with zero attached hydrogens (tertiary/aromatic N) is 2. The first-order valence-electron chi connectivity index (χ1n) is 5.85. The van der Waals surface area contributed by atoms with E-state index in [2.05, 4.69) is 10.6 Å². The Morgan fingerprint density at radius 1 is 1.35 bits per heavy atom. The summed E-state index contributed by atoms with van der Waals surface area (Å²) in [6.45, 7) is 0.721. The average Bonchev–Trinajstić information content (AvgIpc) is 2.49. The summed E-state index contributed by atoms with van der Waals surface area (Å²) in [6, 6.07) is 10.5. The van der Waals surface area contributed by atoms with Crippen LogP contribution in [0.25, 0.3) is 0 Å². The molecule has 0 heterocycles. The number of benzene rings is 1. The number of carbonyl (C=O) groups is 1. The number of nitriles is 2. The summed E-state index contributed by atoms with van der Waals surface area (Å²) in [7, 11) is 1.53. The maximum absolute atomic E-state index is 11.6. The normalized spacial score (nSPS) is 10.2. The molecule has 0 radical (unpaired) electrons. The van der Waals surface area contributed by atoms with E-state index in [4.69, 9.17) is 15.3 Å². The van der Waals surface area contributed by atoms with Crippen LogP contribution in [0.15, 0.2) is 36.0 Å².